The second-order valence-electron chi connectivity index (χ2n) is 5.70. The van der Waals surface area contributed by atoms with Crippen LogP contribution in [0.15, 0.2) is 24.3 Å². The highest BCUT2D eigenvalue weighted by molar-refractivity contribution is 5.91. The third-order valence-electron chi connectivity index (χ3n) is 3.98. The molecule has 3 nitrogen and oxygen atoms in total. The van der Waals surface area contributed by atoms with Crippen LogP contribution >= 0.6 is 0 Å². The van der Waals surface area contributed by atoms with Crippen LogP contribution in [0, 0.1) is 0 Å². The van der Waals surface area contributed by atoms with E-state index in [-0.39, 0.29) is 11.4 Å². The van der Waals surface area contributed by atoms with E-state index in [4.69, 9.17) is 5.73 Å². The van der Waals surface area contributed by atoms with Crippen molar-refractivity contribution in [2.24, 2.45) is 5.73 Å². The molecule has 0 unspecified atom stereocenters. The minimum atomic E-state index is -0.287. The summed E-state index contributed by atoms with van der Waals surface area (Å²) in [5.41, 5.74) is 8.13. The number of amides is 1. The van der Waals surface area contributed by atoms with Gasteiger partial charge in [0.15, 0.2) is 0 Å². The van der Waals surface area contributed by atoms with Crippen LogP contribution in [0.25, 0.3) is 0 Å². The van der Waals surface area contributed by atoms with Crippen molar-refractivity contribution in [2.45, 2.75) is 57.4 Å². The zero-order valence-electron chi connectivity index (χ0n) is 11.7. The highest BCUT2D eigenvalue weighted by Gasteiger charge is 2.29. The molecule has 0 aliphatic heterocycles. The van der Waals surface area contributed by atoms with Gasteiger partial charge in [0.05, 0.1) is 0 Å². The molecule has 2 rings (SSSR count). The minimum Gasteiger partial charge on any atom is -0.326 e. The summed E-state index contributed by atoms with van der Waals surface area (Å²) in [6, 6.07) is 8.01. The zero-order valence-corrected chi connectivity index (χ0v) is 11.7. The number of carbonyl (C=O) groups is 1. The van der Waals surface area contributed by atoms with Crippen LogP contribution in [0.1, 0.15) is 51.0 Å². The molecule has 0 radical (unpaired) electrons. The van der Waals surface area contributed by atoms with Gasteiger partial charge in [0, 0.05) is 17.6 Å². The second-order valence-corrected chi connectivity index (χ2v) is 5.70. The quantitative estimate of drug-likeness (QED) is 0.873. The number of hydrogen-bond donors (Lipinski definition) is 2. The Morgan fingerprint density at radius 3 is 2.74 bits per heavy atom. The Bertz CT molecular complexity index is 436. The van der Waals surface area contributed by atoms with Crippen molar-refractivity contribution in [3.8, 4) is 0 Å². The van der Waals surface area contributed by atoms with Gasteiger partial charge >= 0.3 is 0 Å². The molecule has 1 saturated carbocycles. The summed E-state index contributed by atoms with van der Waals surface area (Å²) >= 11 is 0. The molecule has 0 bridgehead atoms. The van der Waals surface area contributed by atoms with Crippen LogP contribution in [0.5, 0.6) is 0 Å². The summed E-state index contributed by atoms with van der Waals surface area (Å²) < 4.78 is 0. The lowest BCUT2D eigenvalue weighted by atomic mass is 9.80. The van der Waals surface area contributed by atoms with E-state index < -0.39 is 0 Å². The molecule has 3 heteroatoms. The van der Waals surface area contributed by atoms with E-state index in [9.17, 15) is 4.79 Å². The van der Waals surface area contributed by atoms with E-state index in [2.05, 4.69) is 18.3 Å². The Morgan fingerprint density at radius 1 is 1.32 bits per heavy atom. The Morgan fingerprint density at radius 2 is 2.05 bits per heavy atom. The summed E-state index contributed by atoms with van der Waals surface area (Å²) in [6.07, 6.45) is 6.89. The molecule has 1 aromatic rings. The monoisotopic (exact) mass is 260 g/mol. The first-order valence-corrected chi connectivity index (χ1v) is 7.29. The zero-order chi connectivity index (χ0) is 13.7. The largest absolute Gasteiger partial charge is 0.326 e. The van der Waals surface area contributed by atoms with Gasteiger partial charge in [-0.05, 0) is 37.0 Å². The third kappa shape index (κ3) is 4.06. The third-order valence-corrected chi connectivity index (χ3v) is 3.98. The average molecular weight is 260 g/mol. The summed E-state index contributed by atoms with van der Waals surface area (Å²) in [5, 5.41) is 2.97. The van der Waals surface area contributed by atoms with E-state index in [1.165, 1.54) is 12.0 Å². The molecule has 104 valence electrons. The molecule has 0 spiro atoms. The van der Waals surface area contributed by atoms with E-state index in [1.54, 1.807) is 0 Å². The van der Waals surface area contributed by atoms with Crippen molar-refractivity contribution in [1.29, 1.82) is 0 Å². The SMILES string of the molecule is CCc1cccc(NC(=O)CC2(N)CCCCC2)c1. The van der Waals surface area contributed by atoms with Crippen LogP contribution in [0.4, 0.5) is 5.69 Å². The first-order chi connectivity index (χ1) is 9.11. The second kappa shape index (κ2) is 6.20. The lowest BCUT2D eigenvalue weighted by molar-refractivity contribution is -0.117. The molecule has 19 heavy (non-hydrogen) atoms. The minimum absolute atomic E-state index is 0.0395. The molecule has 0 aromatic heterocycles. The summed E-state index contributed by atoms with van der Waals surface area (Å²) in [5.74, 6) is 0.0395. The predicted molar refractivity (Wildman–Crippen MR) is 79.1 cm³/mol. The summed E-state index contributed by atoms with van der Waals surface area (Å²) in [7, 11) is 0. The van der Waals surface area contributed by atoms with Gasteiger partial charge in [-0.1, -0.05) is 38.3 Å². The lowest BCUT2D eigenvalue weighted by Crippen LogP contribution is -2.44. The number of hydrogen-bond acceptors (Lipinski definition) is 2. The van der Waals surface area contributed by atoms with Crippen LogP contribution in [-0.2, 0) is 11.2 Å². The number of anilines is 1. The van der Waals surface area contributed by atoms with Gasteiger partial charge in [-0.15, -0.1) is 0 Å². The van der Waals surface area contributed by atoms with Gasteiger partial charge in [-0.2, -0.15) is 0 Å². The standard InChI is InChI=1S/C16H24N2O/c1-2-13-7-6-8-14(11-13)18-15(19)12-16(17)9-4-3-5-10-16/h6-8,11H,2-5,9-10,12,17H2,1H3,(H,18,19). The number of rotatable bonds is 4. The molecule has 1 aromatic carbocycles. The summed E-state index contributed by atoms with van der Waals surface area (Å²) in [6.45, 7) is 2.11. The molecule has 0 atom stereocenters. The van der Waals surface area contributed by atoms with Crippen molar-refractivity contribution in [3.63, 3.8) is 0 Å². The number of carbonyl (C=O) groups excluding carboxylic acids is 1. The van der Waals surface area contributed by atoms with Gasteiger partial charge in [0.2, 0.25) is 5.91 Å². The van der Waals surface area contributed by atoms with Crippen molar-refractivity contribution in [3.05, 3.63) is 29.8 Å². The van der Waals surface area contributed by atoms with Crippen molar-refractivity contribution < 1.29 is 4.79 Å². The number of nitrogens with two attached hydrogens (primary N) is 1. The fourth-order valence-corrected chi connectivity index (χ4v) is 2.83. The van der Waals surface area contributed by atoms with Crippen LogP contribution in [0.2, 0.25) is 0 Å². The van der Waals surface area contributed by atoms with Gasteiger partial charge in [-0.25, -0.2) is 0 Å². The fourth-order valence-electron chi connectivity index (χ4n) is 2.83. The molecule has 1 aliphatic rings. The number of nitrogens with one attached hydrogen (secondary N) is 1. The molecule has 0 heterocycles. The maximum absolute atomic E-state index is 12.1. The molecule has 1 fully saturated rings. The lowest BCUT2D eigenvalue weighted by Gasteiger charge is -2.32. The molecule has 3 N–H and O–H groups in total. The topological polar surface area (TPSA) is 55.1 Å². The maximum Gasteiger partial charge on any atom is 0.226 e. The van der Waals surface area contributed by atoms with E-state index >= 15 is 0 Å². The van der Waals surface area contributed by atoms with Gasteiger partial charge in [-0.3, -0.25) is 4.79 Å². The molecule has 0 saturated heterocycles. The van der Waals surface area contributed by atoms with Crippen LogP contribution < -0.4 is 11.1 Å². The first-order valence-electron chi connectivity index (χ1n) is 7.29. The fraction of sp³-hybridized carbons (Fsp3) is 0.562. The Labute approximate surface area is 115 Å². The van der Waals surface area contributed by atoms with Crippen molar-refractivity contribution >= 4 is 11.6 Å². The molecule has 1 amide bonds. The highest BCUT2D eigenvalue weighted by Crippen LogP contribution is 2.29. The predicted octanol–water partition coefficient (Wildman–Crippen LogP) is 3.24. The van der Waals surface area contributed by atoms with Crippen LogP contribution in [0.3, 0.4) is 0 Å². The Balaban J connectivity index is 1.93. The van der Waals surface area contributed by atoms with Crippen molar-refractivity contribution in [1.82, 2.24) is 0 Å². The average Bonchev–Trinajstić information content (AvgIpc) is 2.39. The number of benzene rings is 1. The maximum atomic E-state index is 12.1. The Hall–Kier alpha value is -1.35. The van der Waals surface area contributed by atoms with Gasteiger partial charge in [0.1, 0.15) is 0 Å². The van der Waals surface area contributed by atoms with Crippen molar-refractivity contribution in [2.75, 3.05) is 5.32 Å². The van der Waals surface area contributed by atoms with E-state index in [0.29, 0.717) is 6.42 Å². The number of aryl methyl sites for hydroxylation is 1. The normalized spacial score (nSPS) is 18.0. The molecular weight excluding hydrogens is 236 g/mol. The van der Waals surface area contributed by atoms with Gasteiger partial charge in [0.25, 0.3) is 0 Å². The van der Waals surface area contributed by atoms with E-state index in [0.717, 1.165) is 37.8 Å². The highest BCUT2D eigenvalue weighted by atomic mass is 16.1. The molecule has 1 aliphatic carbocycles. The van der Waals surface area contributed by atoms with Crippen LogP contribution in [-0.4, -0.2) is 11.4 Å². The van der Waals surface area contributed by atoms with Gasteiger partial charge < -0.3 is 11.1 Å². The smallest absolute Gasteiger partial charge is 0.226 e. The van der Waals surface area contributed by atoms with E-state index in [1.807, 2.05) is 18.2 Å². The first kappa shape index (κ1) is 14.1. The Kier molecular flexibility index (Phi) is 4.59. The summed E-state index contributed by atoms with van der Waals surface area (Å²) in [4.78, 5) is 12.1. The molecular formula is C16H24N2O.